The van der Waals surface area contributed by atoms with Crippen LogP contribution in [0, 0.1) is 5.82 Å². The van der Waals surface area contributed by atoms with Crippen molar-refractivity contribution in [2.24, 2.45) is 0 Å². The van der Waals surface area contributed by atoms with Crippen LogP contribution in [0.1, 0.15) is 10.5 Å². The average molecular weight is 384 g/mol. The van der Waals surface area contributed by atoms with Crippen LogP contribution in [0.25, 0.3) is 10.9 Å². The first-order valence-electron chi connectivity index (χ1n) is 7.75. The number of halogens is 2. The summed E-state index contributed by atoms with van der Waals surface area (Å²) in [6.45, 7) is 0. The number of hydrogen-bond donors (Lipinski definition) is 3. The number of aromatic nitrogens is 5. The van der Waals surface area contributed by atoms with Gasteiger partial charge in [-0.1, -0.05) is 16.8 Å². The van der Waals surface area contributed by atoms with Gasteiger partial charge in [0.2, 0.25) is 0 Å². The van der Waals surface area contributed by atoms with E-state index >= 15 is 0 Å². The fraction of sp³-hybridized carbons (Fsp3) is 0. The fourth-order valence-corrected chi connectivity index (χ4v) is 2.63. The number of amides is 1. The molecule has 4 aromatic rings. The molecule has 0 aliphatic carbocycles. The van der Waals surface area contributed by atoms with Crippen LogP contribution in [0.4, 0.5) is 21.6 Å². The Labute approximate surface area is 156 Å². The van der Waals surface area contributed by atoms with E-state index in [9.17, 15) is 9.18 Å². The van der Waals surface area contributed by atoms with Crippen molar-refractivity contribution in [3.63, 3.8) is 0 Å². The zero-order valence-corrected chi connectivity index (χ0v) is 14.3. The fourth-order valence-electron chi connectivity index (χ4n) is 2.45. The third kappa shape index (κ3) is 3.53. The number of hydrogen-bond acceptors (Lipinski definition) is 6. The molecule has 0 aliphatic rings. The molecule has 2 aromatic heterocycles. The van der Waals surface area contributed by atoms with E-state index < -0.39 is 11.7 Å². The van der Waals surface area contributed by atoms with E-state index in [0.717, 1.165) is 0 Å². The van der Waals surface area contributed by atoms with Crippen LogP contribution in [-0.4, -0.2) is 31.3 Å². The lowest BCUT2D eigenvalue weighted by Gasteiger charge is -2.10. The number of nitrogens with zero attached hydrogens (tertiary/aromatic N) is 4. The van der Waals surface area contributed by atoms with Crippen LogP contribution in [0.3, 0.4) is 0 Å². The Kier molecular flexibility index (Phi) is 4.35. The lowest BCUT2D eigenvalue weighted by Crippen LogP contribution is -2.12. The van der Waals surface area contributed by atoms with Gasteiger partial charge in [0.1, 0.15) is 18.0 Å². The van der Waals surface area contributed by atoms with Crippen LogP contribution < -0.4 is 10.6 Å². The van der Waals surface area contributed by atoms with Gasteiger partial charge in [-0.25, -0.2) is 14.4 Å². The summed E-state index contributed by atoms with van der Waals surface area (Å²) in [6, 6.07) is 9.45. The molecule has 0 radical (unpaired) electrons. The third-order valence-corrected chi connectivity index (χ3v) is 4.01. The first kappa shape index (κ1) is 16.9. The van der Waals surface area contributed by atoms with Crippen molar-refractivity contribution in [3.05, 3.63) is 65.5 Å². The van der Waals surface area contributed by atoms with Gasteiger partial charge in [0, 0.05) is 16.8 Å². The van der Waals surface area contributed by atoms with Gasteiger partial charge in [-0.15, -0.1) is 5.10 Å². The van der Waals surface area contributed by atoms with Crippen molar-refractivity contribution in [3.8, 4) is 0 Å². The molecule has 8 nitrogen and oxygen atoms in total. The molecule has 27 heavy (non-hydrogen) atoms. The van der Waals surface area contributed by atoms with E-state index in [4.69, 9.17) is 11.6 Å². The molecule has 0 spiro atoms. The number of benzene rings is 2. The van der Waals surface area contributed by atoms with Crippen LogP contribution in [-0.2, 0) is 0 Å². The summed E-state index contributed by atoms with van der Waals surface area (Å²) in [6.07, 6.45) is 2.80. The van der Waals surface area contributed by atoms with E-state index in [-0.39, 0.29) is 10.7 Å². The first-order valence-corrected chi connectivity index (χ1v) is 8.12. The van der Waals surface area contributed by atoms with Crippen LogP contribution >= 0.6 is 11.6 Å². The average Bonchev–Trinajstić information content (AvgIpc) is 3.20. The highest BCUT2D eigenvalue weighted by Crippen LogP contribution is 2.27. The van der Waals surface area contributed by atoms with Crippen molar-refractivity contribution in [1.82, 2.24) is 25.4 Å². The second kappa shape index (κ2) is 6.96. The monoisotopic (exact) mass is 383 g/mol. The van der Waals surface area contributed by atoms with Gasteiger partial charge in [-0.05, 0) is 36.4 Å². The minimum absolute atomic E-state index is 0.000994. The summed E-state index contributed by atoms with van der Waals surface area (Å²) in [5.41, 5.74) is 1.93. The minimum Gasteiger partial charge on any atom is -0.340 e. The Balaban J connectivity index is 1.66. The molecule has 0 aliphatic heterocycles. The summed E-state index contributed by atoms with van der Waals surface area (Å²) in [7, 11) is 0. The molecule has 2 aromatic carbocycles. The molecule has 0 unspecified atom stereocenters. The molecule has 10 heteroatoms. The Morgan fingerprint density at radius 3 is 2.74 bits per heavy atom. The largest absolute Gasteiger partial charge is 0.340 e. The maximum atomic E-state index is 13.3. The summed E-state index contributed by atoms with van der Waals surface area (Å²) >= 11 is 5.82. The predicted octanol–water partition coefficient (Wildman–Crippen LogP) is 3.54. The van der Waals surface area contributed by atoms with Crippen molar-refractivity contribution < 1.29 is 9.18 Å². The number of nitrogens with one attached hydrogen (secondary N) is 3. The molecular formula is C17H11ClFN7O. The number of carbonyl (C=O) groups is 1. The molecule has 0 saturated heterocycles. The first-order chi connectivity index (χ1) is 13.1. The van der Waals surface area contributed by atoms with Gasteiger partial charge in [0.25, 0.3) is 5.91 Å². The maximum Gasteiger partial charge on any atom is 0.277 e. The second-order valence-electron chi connectivity index (χ2n) is 5.52. The van der Waals surface area contributed by atoms with Crippen molar-refractivity contribution >= 4 is 45.6 Å². The minimum atomic E-state index is -0.507. The molecule has 2 heterocycles. The van der Waals surface area contributed by atoms with Gasteiger partial charge < -0.3 is 10.6 Å². The van der Waals surface area contributed by atoms with Crippen molar-refractivity contribution in [2.45, 2.75) is 0 Å². The smallest absolute Gasteiger partial charge is 0.277 e. The molecule has 0 atom stereocenters. The third-order valence-electron chi connectivity index (χ3n) is 3.72. The summed E-state index contributed by atoms with van der Waals surface area (Å²) in [5.74, 6) is -0.424. The number of fused-ring (bicyclic) bond motifs is 1. The Hall–Kier alpha value is -3.59. The highest BCUT2D eigenvalue weighted by Gasteiger charge is 2.11. The van der Waals surface area contributed by atoms with Gasteiger partial charge in [0.05, 0.1) is 16.7 Å². The normalized spacial score (nSPS) is 10.7. The number of aromatic amines is 1. The predicted molar refractivity (Wildman–Crippen MR) is 98.6 cm³/mol. The van der Waals surface area contributed by atoms with Crippen molar-refractivity contribution in [1.29, 1.82) is 0 Å². The molecule has 4 rings (SSSR count). The van der Waals surface area contributed by atoms with Crippen LogP contribution in [0.5, 0.6) is 0 Å². The molecule has 0 saturated carbocycles. The standard InChI is InChI=1S/C17H11ClFN7O/c18-12-6-10(1-3-13(12)19)23-16-11-5-9(2-4-14(11)20-8-21-16)24-17(27)15-7-22-26-25-15/h1-8H,(H,24,27)(H,20,21,23)(H,22,25,26). The Bertz CT molecular complexity index is 1130. The number of carbonyl (C=O) groups excluding carboxylic acids is 1. The van der Waals surface area contributed by atoms with E-state index in [1.807, 2.05) is 0 Å². The molecule has 0 bridgehead atoms. The zero-order valence-electron chi connectivity index (χ0n) is 13.6. The Morgan fingerprint density at radius 2 is 1.96 bits per heavy atom. The maximum absolute atomic E-state index is 13.3. The van der Waals surface area contributed by atoms with Gasteiger partial charge >= 0.3 is 0 Å². The van der Waals surface area contributed by atoms with Gasteiger partial charge in [-0.3, -0.25) is 9.89 Å². The number of rotatable bonds is 4. The SMILES string of the molecule is O=C(Nc1ccc2ncnc(Nc3ccc(F)c(Cl)c3)c2c1)c1c[nH]nn1. The van der Waals surface area contributed by atoms with Crippen LogP contribution in [0.15, 0.2) is 48.9 Å². The molecule has 1 amide bonds. The quantitative estimate of drug-likeness (QED) is 0.497. The highest BCUT2D eigenvalue weighted by molar-refractivity contribution is 6.31. The Morgan fingerprint density at radius 1 is 1.11 bits per heavy atom. The molecule has 3 N–H and O–H groups in total. The number of H-pyrrole nitrogens is 1. The molecule has 0 fully saturated rings. The van der Waals surface area contributed by atoms with E-state index in [2.05, 4.69) is 36.0 Å². The topological polar surface area (TPSA) is 108 Å². The summed E-state index contributed by atoms with van der Waals surface area (Å²) in [5, 5.41) is 16.1. The molecule has 134 valence electrons. The van der Waals surface area contributed by atoms with Gasteiger partial charge in [-0.2, -0.15) is 0 Å². The summed E-state index contributed by atoms with van der Waals surface area (Å²) in [4.78, 5) is 20.6. The highest BCUT2D eigenvalue weighted by atomic mass is 35.5. The van der Waals surface area contributed by atoms with E-state index in [1.54, 1.807) is 24.3 Å². The lowest BCUT2D eigenvalue weighted by molar-refractivity contribution is 0.102. The molecular weight excluding hydrogens is 373 g/mol. The number of anilines is 3. The second-order valence-corrected chi connectivity index (χ2v) is 5.93. The summed E-state index contributed by atoms with van der Waals surface area (Å²) < 4.78 is 13.3. The zero-order chi connectivity index (χ0) is 18.8. The lowest BCUT2D eigenvalue weighted by atomic mass is 10.2. The van der Waals surface area contributed by atoms with E-state index in [0.29, 0.717) is 28.1 Å². The van der Waals surface area contributed by atoms with E-state index in [1.165, 1.54) is 24.7 Å². The van der Waals surface area contributed by atoms with Crippen LogP contribution in [0.2, 0.25) is 5.02 Å². The van der Waals surface area contributed by atoms with Gasteiger partial charge in [0.15, 0.2) is 5.69 Å². The van der Waals surface area contributed by atoms with Crippen molar-refractivity contribution in [2.75, 3.05) is 10.6 Å².